The van der Waals surface area contributed by atoms with Crippen LogP contribution >= 0.6 is 23.1 Å². The molecule has 2 aromatic rings. The smallest absolute Gasteiger partial charge is 0.203 e. The molecule has 3 nitrogen and oxygen atoms in total. The molecule has 0 radical (unpaired) electrons. The number of nitrogens with one attached hydrogen (secondary N) is 1. The minimum atomic E-state index is 0.832. The molecule has 0 aliphatic heterocycles. The number of rotatable bonds is 9. The van der Waals surface area contributed by atoms with Gasteiger partial charge in [0.2, 0.25) is 5.13 Å². The Labute approximate surface area is 141 Å². The van der Waals surface area contributed by atoms with Gasteiger partial charge < -0.3 is 0 Å². The first kappa shape index (κ1) is 17.0. The van der Waals surface area contributed by atoms with Crippen LogP contribution < -0.4 is 5.43 Å². The molecule has 0 saturated carbocycles. The highest BCUT2D eigenvalue weighted by atomic mass is 32.2. The fourth-order valence-corrected chi connectivity index (χ4v) is 3.66. The van der Waals surface area contributed by atoms with E-state index in [0.29, 0.717) is 0 Å². The first-order valence-electron chi connectivity index (χ1n) is 7.72. The normalized spacial score (nSPS) is 11.2. The summed E-state index contributed by atoms with van der Waals surface area (Å²) in [6, 6.07) is 8.41. The molecule has 0 saturated heterocycles. The zero-order chi connectivity index (χ0) is 15.6. The maximum Gasteiger partial charge on any atom is 0.203 e. The second kappa shape index (κ2) is 9.64. The van der Waals surface area contributed by atoms with Crippen molar-refractivity contribution in [3.05, 3.63) is 40.9 Å². The van der Waals surface area contributed by atoms with Gasteiger partial charge in [-0.05, 0) is 25.2 Å². The zero-order valence-corrected chi connectivity index (χ0v) is 14.8. The van der Waals surface area contributed by atoms with Crippen LogP contribution in [0.1, 0.15) is 43.9 Å². The third kappa shape index (κ3) is 5.81. The predicted molar refractivity (Wildman–Crippen MR) is 99.4 cm³/mol. The molecule has 0 spiro atoms. The number of hydrogen-bond donors (Lipinski definition) is 1. The molecule has 22 heavy (non-hydrogen) atoms. The van der Waals surface area contributed by atoms with Crippen molar-refractivity contribution in [3.8, 4) is 0 Å². The Morgan fingerprint density at radius 1 is 1.27 bits per heavy atom. The Morgan fingerprint density at radius 2 is 2.14 bits per heavy atom. The van der Waals surface area contributed by atoms with Crippen molar-refractivity contribution in [1.29, 1.82) is 0 Å². The van der Waals surface area contributed by atoms with E-state index in [-0.39, 0.29) is 0 Å². The number of anilines is 1. The molecule has 118 valence electrons. The number of aromatic nitrogens is 1. The van der Waals surface area contributed by atoms with Gasteiger partial charge in [0.1, 0.15) is 0 Å². The maximum atomic E-state index is 4.33. The summed E-state index contributed by atoms with van der Waals surface area (Å²) in [5.41, 5.74) is 5.17. The minimum Gasteiger partial charge on any atom is -0.253 e. The molecule has 2 rings (SSSR count). The average Bonchev–Trinajstić information content (AvgIpc) is 2.94. The Hall–Kier alpha value is -1.33. The first-order chi connectivity index (χ1) is 10.8. The van der Waals surface area contributed by atoms with Crippen molar-refractivity contribution >= 4 is 34.4 Å². The van der Waals surface area contributed by atoms with E-state index in [0.717, 1.165) is 16.4 Å². The topological polar surface area (TPSA) is 37.3 Å². The van der Waals surface area contributed by atoms with E-state index in [9.17, 15) is 0 Å². The predicted octanol–water partition coefficient (Wildman–Crippen LogP) is 5.57. The number of aryl methyl sites for hydroxylation is 1. The van der Waals surface area contributed by atoms with E-state index in [4.69, 9.17) is 0 Å². The summed E-state index contributed by atoms with van der Waals surface area (Å²) < 4.78 is 0. The van der Waals surface area contributed by atoms with Crippen molar-refractivity contribution in [3.63, 3.8) is 0 Å². The molecule has 1 N–H and O–H groups in total. The summed E-state index contributed by atoms with van der Waals surface area (Å²) in [7, 11) is 0. The van der Waals surface area contributed by atoms with Gasteiger partial charge in [-0.2, -0.15) is 5.10 Å². The summed E-state index contributed by atoms with van der Waals surface area (Å²) in [4.78, 5) is 5.62. The van der Waals surface area contributed by atoms with Gasteiger partial charge in [-0.1, -0.05) is 44.4 Å². The third-order valence-corrected chi connectivity index (χ3v) is 5.20. The quantitative estimate of drug-likeness (QED) is 0.282. The highest BCUT2D eigenvalue weighted by Crippen LogP contribution is 2.23. The van der Waals surface area contributed by atoms with Crippen LogP contribution in [0.2, 0.25) is 0 Å². The number of thiazole rings is 1. The highest BCUT2D eigenvalue weighted by Gasteiger charge is 2.00. The van der Waals surface area contributed by atoms with Crippen molar-refractivity contribution in [2.75, 3.05) is 11.2 Å². The SMILES string of the molecule is CCCCCCSc1ccccc1C=NNc1nc(C)cs1. The largest absolute Gasteiger partial charge is 0.253 e. The Bertz CT molecular complexity index is 593. The molecule has 1 aromatic heterocycles. The molecule has 0 fully saturated rings. The third-order valence-electron chi connectivity index (χ3n) is 3.16. The fraction of sp³-hybridized carbons (Fsp3) is 0.412. The number of unbranched alkanes of at least 4 members (excludes halogenated alkanes) is 3. The first-order valence-corrected chi connectivity index (χ1v) is 9.59. The van der Waals surface area contributed by atoms with E-state index >= 15 is 0 Å². The van der Waals surface area contributed by atoms with Crippen molar-refractivity contribution < 1.29 is 0 Å². The summed E-state index contributed by atoms with van der Waals surface area (Å²) in [6.45, 7) is 4.23. The van der Waals surface area contributed by atoms with Gasteiger partial charge >= 0.3 is 0 Å². The van der Waals surface area contributed by atoms with E-state index in [1.807, 2.05) is 30.3 Å². The molecular weight excluding hydrogens is 310 g/mol. The molecule has 0 atom stereocenters. The van der Waals surface area contributed by atoms with E-state index in [2.05, 4.69) is 46.7 Å². The van der Waals surface area contributed by atoms with Crippen LogP contribution in [0.4, 0.5) is 5.13 Å². The van der Waals surface area contributed by atoms with Crippen molar-refractivity contribution in [2.24, 2.45) is 5.10 Å². The molecule has 0 bridgehead atoms. The van der Waals surface area contributed by atoms with Gasteiger partial charge in [-0.3, -0.25) is 5.43 Å². The molecule has 5 heteroatoms. The second-order valence-corrected chi connectivity index (χ2v) is 7.11. The maximum absolute atomic E-state index is 4.33. The van der Waals surface area contributed by atoms with Crippen LogP contribution in [0.5, 0.6) is 0 Å². The number of thioether (sulfide) groups is 1. The molecule has 0 unspecified atom stereocenters. The van der Waals surface area contributed by atoms with Crippen LogP contribution in [0.15, 0.2) is 39.6 Å². The zero-order valence-electron chi connectivity index (χ0n) is 13.2. The van der Waals surface area contributed by atoms with Gasteiger partial charge in [0.25, 0.3) is 0 Å². The summed E-state index contributed by atoms with van der Waals surface area (Å²) in [6.07, 6.45) is 7.10. The van der Waals surface area contributed by atoms with Gasteiger partial charge in [-0.15, -0.1) is 23.1 Å². The lowest BCUT2D eigenvalue weighted by Gasteiger charge is -2.05. The average molecular weight is 334 g/mol. The standard InChI is InChI=1S/C17H23N3S2/c1-3-4-5-8-11-21-16-10-7-6-9-15(16)12-18-20-17-19-14(2)13-22-17/h6-7,9-10,12-13H,3-5,8,11H2,1-2H3,(H,19,20). The Kier molecular flexibility index (Phi) is 7.46. The monoisotopic (exact) mass is 333 g/mol. The van der Waals surface area contributed by atoms with Gasteiger partial charge in [0.15, 0.2) is 0 Å². The lowest BCUT2D eigenvalue weighted by Crippen LogP contribution is -1.92. The van der Waals surface area contributed by atoms with Crippen molar-refractivity contribution in [1.82, 2.24) is 4.98 Å². The van der Waals surface area contributed by atoms with E-state index in [1.165, 1.54) is 36.3 Å². The van der Waals surface area contributed by atoms with Crippen LogP contribution in [-0.2, 0) is 0 Å². The number of nitrogens with zero attached hydrogens (tertiary/aromatic N) is 2. The molecule has 1 heterocycles. The second-order valence-electron chi connectivity index (χ2n) is 5.11. The van der Waals surface area contributed by atoms with Gasteiger partial charge in [-0.25, -0.2) is 4.98 Å². The summed E-state index contributed by atoms with van der Waals surface area (Å²) in [5.74, 6) is 1.17. The Morgan fingerprint density at radius 3 is 2.91 bits per heavy atom. The van der Waals surface area contributed by atoms with E-state index < -0.39 is 0 Å². The van der Waals surface area contributed by atoms with Crippen LogP contribution in [0, 0.1) is 6.92 Å². The van der Waals surface area contributed by atoms with Crippen LogP contribution in [0.25, 0.3) is 0 Å². The van der Waals surface area contributed by atoms with Gasteiger partial charge in [0.05, 0.1) is 11.9 Å². The van der Waals surface area contributed by atoms with Crippen LogP contribution in [0.3, 0.4) is 0 Å². The van der Waals surface area contributed by atoms with E-state index in [1.54, 1.807) is 11.3 Å². The molecule has 0 aliphatic rings. The number of hydrogen-bond acceptors (Lipinski definition) is 5. The molecule has 0 aliphatic carbocycles. The molecular formula is C17H23N3S2. The minimum absolute atomic E-state index is 0.832. The van der Waals surface area contributed by atoms with Gasteiger partial charge in [0, 0.05) is 15.8 Å². The lowest BCUT2D eigenvalue weighted by atomic mass is 10.2. The van der Waals surface area contributed by atoms with Crippen molar-refractivity contribution in [2.45, 2.75) is 44.4 Å². The molecule has 1 aromatic carbocycles. The summed E-state index contributed by atoms with van der Waals surface area (Å²) >= 11 is 3.48. The molecule has 0 amide bonds. The number of hydrazone groups is 1. The summed E-state index contributed by atoms with van der Waals surface area (Å²) in [5, 5.41) is 7.15. The Balaban J connectivity index is 1.87. The lowest BCUT2D eigenvalue weighted by molar-refractivity contribution is 0.706. The number of benzene rings is 1. The fourth-order valence-electron chi connectivity index (χ4n) is 1.99. The highest BCUT2D eigenvalue weighted by molar-refractivity contribution is 7.99. The van der Waals surface area contributed by atoms with Crippen LogP contribution in [-0.4, -0.2) is 17.0 Å².